The number of esters is 2. The van der Waals surface area contributed by atoms with Crippen LogP contribution in [-0.4, -0.2) is 128 Å². The minimum absolute atomic E-state index is 0.0224. The molecular formula is C88H144N3O18P. The molecule has 22 heteroatoms. The molecular weight excluding hydrogens is 1420 g/mol. The highest BCUT2D eigenvalue weighted by Gasteiger charge is 2.55. The molecule has 5 N–H and O–H groups in total. The number of para-hydroxylation sites is 2. The fraction of sp³-hybridized carbons (Fsp3) is 0.739. The second-order valence-corrected chi connectivity index (χ2v) is 31.9. The Labute approximate surface area is 661 Å². The Hall–Kier alpha value is -5.48. The summed E-state index contributed by atoms with van der Waals surface area (Å²) >= 11 is 0. The Morgan fingerprint density at radius 1 is 0.400 bits per heavy atom. The van der Waals surface area contributed by atoms with E-state index in [0.29, 0.717) is 25.7 Å². The Morgan fingerprint density at radius 3 is 1.22 bits per heavy atom. The molecule has 110 heavy (non-hydrogen) atoms. The summed E-state index contributed by atoms with van der Waals surface area (Å²) in [5.41, 5.74) is 0.864. The number of carbonyl (C=O) groups excluding carboxylic acids is 5. The molecule has 0 spiro atoms. The molecule has 0 saturated carbocycles. The van der Waals surface area contributed by atoms with Crippen molar-refractivity contribution in [2.45, 2.75) is 391 Å². The van der Waals surface area contributed by atoms with Crippen LogP contribution >= 0.6 is 7.82 Å². The van der Waals surface area contributed by atoms with E-state index >= 15 is 4.57 Å². The van der Waals surface area contributed by atoms with Crippen molar-refractivity contribution >= 4 is 37.5 Å². The molecule has 0 aliphatic carbocycles. The number of carbonyl (C=O) groups is 5. The summed E-state index contributed by atoms with van der Waals surface area (Å²) in [6, 6.07) is 22.9. The first-order valence-corrected chi connectivity index (χ1v) is 44.7. The first-order chi connectivity index (χ1) is 53.8. The third kappa shape index (κ3) is 42.6. The van der Waals surface area contributed by atoms with Gasteiger partial charge in [-0.2, -0.15) is 0 Å². The number of unbranched alkanes of at least 4 members (excludes halogenated alkanes) is 38. The number of phosphoric ester groups is 1. The third-order valence-corrected chi connectivity index (χ3v) is 22.0. The molecule has 3 aromatic carbocycles. The molecule has 2 fully saturated rings. The number of amides is 3. The molecule has 3 aromatic rings. The van der Waals surface area contributed by atoms with Gasteiger partial charge in [-0.1, -0.05) is 338 Å². The van der Waals surface area contributed by atoms with Crippen molar-refractivity contribution in [3.8, 4) is 11.5 Å². The van der Waals surface area contributed by atoms with Gasteiger partial charge in [-0.3, -0.25) is 28.5 Å². The molecule has 0 bridgehead atoms. The maximum Gasteiger partial charge on any atom is 0.588 e. The summed E-state index contributed by atoms with van der Waals surface area (Å²) in [6.45, 7) is 7.02. The molecule has 2 saturated heterocycles. The zero-order chi connectivity index (χ0) is 78.8. The second kappa shape index (κ2) is 61.0. The number of phosphoric acid groups is 1. The Bertz CT molecular complexity index is 2820. The molecule has 0 unspecified atom stereocenters. The van der Waals surface area contributed by atoms with Crippen LogP contribution in [0.1, 0.15) is 329 Å². The molecule has 5 rings (SSSR count). The summed E-state index contributed by atoms with van der Waals surface area (Å²) < 4.78 is 79.4. The van der Waals surface area contributed by atoms with Crippen molar-refractivity contribution in [3.05, 3.63) is 96.6 Å². The fourth-order valence-electron chi connectivity index (χ4n) is 14.2. The van der Waals surface area contributed by atoms with Crippen molar-refractivity contribution in [3.63, 3.8) is 0 Å². The van der Waals surface area contributed by atoms with E-state index in [4.69, 9.17) is 46.7 Å². The second-order valence-electron chi connectivity index (χ2n) is 30.4. The van der Waals surface area contributed by atoms with Crippen molar-refractivity contribution in [1.29, 1.82) is 0 Å². The number of benzene rings is 3. The standard InChI is InChI=1S/C88H144N3O18P/c1-5-9-13-17-21-25-28-32-36-40-53-63-77(93)90-81-85(105-79(95)65-55-42-38-34-30-27-23-19-15-11-7-3)83(97)74(103-87(81)98)69-102-88-82(91-78(94)64-54-41-37-33-29-26-22-18-14-10-6-2)86(106-80(96)66-89-76(92)62-52-39-35-31-24-20-16-12-8-4)84(75(104-88)68-101-70-100-67-71-56-46-43-47-57-71)109-110(99,107-72-58-48-44-49-59-72)108-73-60-50-45-51-61-73/h43-51,56-61,74-75,81-88,97-98H,5-42,52-55,62-70H2,1-4H3,(H,89,92)(H,90,93)(H,91,94)/t74-,75-,81-,82-,83-,84-,85-,86-,87+,88-/m1/s1. The minimum Gasteiger partial charge on any atom is -0.457 e. The Balaban J connectivity index is 1.48. The molecule has 0 radical (unpaired) electrons. The number of nitrogens with one attached hydrogen (secondary N) is 3. The van der Waals surface area contributed by atoms with Crippen LogP contribution < -0.4 is 25.0 Å². The maximum atomic E-state index is 15.8. The number of aliphatic hydroxyl groups is 2. The van der Waals surface area contributed by atoms with E-state index in [9.17, 15) is 34.2 Å². The molecule has 10 atom stereocenters. The van der Waals surface area contributed by atoms with Gasteiger partial charge in [0.25, 0.3) is 0 Å². The molecule has 0 aromatic heterocycles. The fourth-order valence-corrected chi connectivity index (χ4v) is 15.6. The lowest BCUT2D eigenvalue weighted by molar-refractivity contribution is -0.301. The number of ether oxygens (including phenoxy) is 7. The van der Waals surface area contributed by atoms with Crippen molar-refractivity contribution in [1.82, 2.24) is 16.0 Å². The Kier molecular flexibility index (Phi) is 52.8. The van der Waals surface area contributed by atoms with Gasteiger partial charge in [-0.05, 0) is 55.5 Å². The van der Waals surface area contributed by atoms with Crippen LogP contribution in [0, 0.1) is 0 Å². The predicted octanol–water partition coefficient (Wildman–Crippen LogP) is 19.6. The lowest BCUT2D eigenvalue weighted by Gasteiger charge is -2.47. The van der Waals surface area contributed by atoms with Crippen molar-refractivity contribution in [2.75, 3.05) is 26.6 Å². The summed E-state index contributed by atoms with van der Waals surface area (Å²) in [7, 11) is -4.97. The monoisotopic (exact) mass is 1560 g/mol. The van der Waals surface area contributed by atoms with Gasteiger partial charge in [-0.15, -0.1) is 0 Å². The van der Waals surface area contributed by atoms with E-state index < -0.39 is 113 Å². The van der Waals surface area contributed by atoms with Gasteiger partial charge in [0.2, 0.25) is 17.7 Å². The van der Waals surface area contributed by atoms with E-state index in [0.717, 1.165) is 115 Å². The average molecular weight is 1560 g/mol. The molecule has 624 valence electrons. The zero-order valence-electron chi connectivity index (χ0n) is 67.9. The van der Waals surface area contributed by atoms with Gasteiger partial charge < -0.3 is 68.4 Å². The van der Waals surface area contributed by atoms with Crippen molar-refractivity contribution < 1.29 is 85.5 Å². The van der Waals surface area contributed by atoms with E-state index in [1.54, 1.807) is 60.7 Å². The zero-order valence-corrected chi connectivity index (χ0v) is 68.8. The highest BCUT2D eigenvalue weighted by Crippen LogP contribution is 2.53. The Morgan fingerprint density at radius 2 is 0.782 bits per heavy atom. The normalized spacial score (nSPS) is 19.9. The smallest absolute Gasteiger partial charge is 0.457 e. The first-order valence-electron chi connectivity index (χ1n) is 43.3. The largest absolute Gasteiger partial charge is 0.588 e. The number of hydrogen-bond acceptors (Lipinski definition) is 18. The summed E-state index contributed by atoms with van der Waals surface area (Å²) in [6.07, 6.45) is 32.0. The SMILES string of the molecule is CCCCCCCCCCCCCC(=O)N[C@@H]1[C@@H](OC(=O)CCCCCCCCCCCCC)[C@H](O)[C@@H](CO[C@@H]2O[C@H](COCOCc3ccccc3)[C@@H](OP(=O)(Oc3ccccc3)Oc3ccccc3)[C@H](OC(=O)CNC(=O)CCCCCCCCCCC)[C@H]2NC(=O)CCCCCCCCCCCCC)O[C@@H]1O. The van der Waals surface area contributed by atoms with Crippen LogP contribution in [0.4, 0.5) is 0 Å². The molecule has 3 amide bonds. The van der Waals surface area contributed by atoms with Gasteiger partial charge in [0.15, 0.2) is 24.8 Å². The molecule has 2 heterocycles. The van der Waals surface area contributed by atoms with Crippen LogP contribution in [0.25, 0.3) is 0 Å². The number of hydrogen-bond donors (Lipinski definition) is 5. The van der Waals surface area contributed by atoms with Crippen LogP contribution in [-0.2, 0) is 72.8 Å². The molecule has 2 aliphatic rings. The van der Waals surface area contributed by atoms with Gasteiger partial charge in [-0.25, -0.2) is 4.57 Å². The first kappa shape index (κ1) is 95.1. The maximum absolute atomic E-state index is 15.8. The number of aliphatic hydroxyl groups excluding tert-OH is 2. The van der Waals surface area contributed by atoms with Crippen LogP contribution in [0.3, 0.4) is 0 Å². The van der Waals surface area contributed by atoms with Crippen LogP contribution in [0.5, 0.6) is 11.5 Å². The van der Waals surface area contributed by atoms with E-state index in [2.05, 4.69) is 43.6 Å². The number of rotatable bonds is 67. The van der Waals surface area contributed by atoms with Gasteiger partial charge in [0.05, 0.1) is 19.8 Å². The van der Waals surface area contributed by atoms with Gasteiger partial charge >= 0.3 is 19.8 Å². The van der Waals surface area contributed by atoms with Crippen LogP contribution in [0.15, 0.2) is 91.0 Å². The van der Waals surface area contributed by atoms with Crippen LogP contribution in [0.2, 0.25) is 0 Å². The summed E-state index contributed by atoms with van der Waals surface area (Å²) in [5.74, 6) is -2.70. The van der Waals surface area contributed by atoms with Gasteiger partial charge in [0.1, 0.15) is 61.3 Å². The van der Waals surface area contributed by atoms with E-state index in [1.807, 2.05) is 30.3 Å². The molecule has 21 nitrogen and oxygen atoms in total. The minimum atomic E-state index is -4.97. The quantitative estimate of drug-likeness (QED) is 0.0152. The van der Waals surface area contributed by atoms with Crippen molar-refractivity contribution in [2.24, 2.45) is 0 Å². The summed E-state index contributed by atoms with van der Waals surface area (Å²) in [4.78, 5) is 70.8. The lowest BCUT2D eigenvalue weighted by atomic mass is 9.95. The highest BCUT2D eigenvalue weighted by atomic mass is 31.2. The van der Waals surface area contributed by atoms with E-state index in [-0.39, 0.29) is 56.5 Å². The average Bonchev–Trinajstić information content (AvgIpc) is 0.774. The predicted molar refractivity (Wildman–Crippen MR) is 432 cm³/mol. The van der Waals surface area contributed by atoms with Gasteiger partial charge in [0, 0.05) is 25.7 Å². The van der Waals surface area contributed by atoms with E-state index in [1.165, 1.54) is 135 Å². The topological polar surface area (TPSA) is 271 Å². The lowest BCUT2D eigenvalue weighted by Crippen LogP contribution is -2.68. The highest BCUT2D eigenvalue weighted by molar-refractivity contribution is 7.49. The summed E-state index contributed by atoms with van der Waals surface area (Å²) in [5, 5.41) is 33.2. The molecule has 2 aliphatic heterocycles. The third-order valence-electron chi connectivity index (χ3n) is 20.6.